The zero-order valence-corrected chi connectivity index (χ0v) is 11.5. The van der Waals surface area contributed by atoms with E-state index in [1.807, 2.05) is 60.9 Å². The van der Waals surface area contributed by atoms with Crippen molar-refractivity contribution in [2.45, 2.75) is 5.25 Å². The van der Waals surface area contributed by atoms with Gasteiger partial charge in [0, 0.05) is 10.6 Å². The van der Waals surface area contributed by atoms with E-state index in [9.17, 15) is 4.79 Å². The number of rotatable bonds is 4. The maximum absolute atomic E-state index is 12.4. The highest BCUT2D eigenvalue weighted by atomic mass is 35.5. The van der Waals surface area contributed by atoms with Crippen LogP contribution in [0.15, 0.2) is 54.6 Å². The van der Waals surface area contributed by atoms with Crippen LogP contribution in [0, 0.1) is 0 Å². The molecule has 2 rings (SSSR count). The Morgan fingerprint density at radius 2 is 1.67 bits per heavy atom. The van der Waals surface area contributed by atoms with Crippen LogP contribution in [0.3, 0.4) is 0 Å². The van der Waals surface area contributed by atoms with E-state index in [4.69, 9.17) is 11.6 Å². The molecule has 0 saturated heterocycles. The molecule has 92 valence electrons. The van der Waals surface area contributed by atoms with Gasteiger partial charge in [0.05, 0.1) is 5.25 Å². The number of ketones is 1. The van der Waals surface area contributed by atoms with Gasteiger partial charge in [-0.2, -0.15) is 0 Å². The van der Waals surface area contributed by atoms with Crippen LogP contribution in [0.4, 0.5) is 0 Å². The van der Waals surface area contributed by atoms with Gasteiger partial charge in [-0.25, -0.2) is 0 Å². The summed E-state index contributed by atoms with van der Waals surface area (Å²) in [6, 6.07) is 16.8. The largest absolute Gasteiger partial charge is 0.293 e. The summed E-state index contributed by atoms with van der Waals surface area (Å²) < 4.78 is 0. The fourth-order valence-electron chi connectivity index (χ4n) is 1.82. The first kappa shape index (κ1) is 13.2. The summed E-state index contributed by atoms with van der Waals surface area (Å²) in [6.45, 7) is 0. The molecule has 1 atom stereocenters. The lowest BCUT2D eigenvalue weighted by Gasteiger charge is -2.15. The van der Waals surface area contributed by atoms with Gasteiger partial charge in [-0.05, 0) is 17.9 Å². The molecular weight excluding hydrogens is 264 g/mol. The Bertz CT molecular complexity index is 539. The van der Waals surface area contributed by atoms with Crippen LogP contribution < -0.4 is 0 Å². The molecule has 3 heteroatoms. The molecule has 0 radical (unpaired) electrons. The van der Waals surface area contributed by atoms with Crippen LogP contribution >= 0.6 is 23.4 Å². The van der Waals surface area contributed by atoms with Gasteiger partial charge in [-0.15, -0.1) is 11.8 Å². The van der Waals surface area contributed by atoms with Crippen molar-refractivity contribution in [3.8, 4) is 0 Å². The van der Waals surface area contributed by atoms with Gasteiger partial charge in [0.1, 0.15) is 0 Å². The minimum Gasteiger partial charge on any atom is -0.293 e. The Labute approximate surface area is 116 Å². The van der Waals surface area contributed by atoms with Crippen molar-refractivity contribution in [1.82, 2.24) is 0 Å². The zero-order chi connectivity index (χ0) is 13.0. The number of hydrogen-bond acceptors (Lipinski definition) is 2. The first-order valence-corrected chi connectivity index (χ1v) is 7.27. The first-order chi connectivity index (χ1) is 8.74. The highest BCUT2D eigenvalue weighted by molar-refractivity contribution is 7.99. The van der Waals surface area contributed by atoms with Crippen LogP contribution in [0.5, 0.6) is 0 Å². The molecule has 0 N–H and O–H groups in total. The Balaban J connectivity index is 2.36. The quantitative estimate of drug-likeness (QED) is 0.758. The summed E-state index contributed by atoms with van der Waals surface area (Å²) in [4.78, 5) is 12.4. The molecule has 1 nitrogen and oxygen atoms in total. The predicted octanol–water partition coefficient (Wildman–Crippen LogP) is 4.63. The number of hydrogen-bond donors (Lipinski definition) is 0. The van der Waals surface area contributed by atoms with Crippen LogP contribution in [0.2, 0.25) is 5.02 Å². The maximum Gasteiger partial charge on any atom is 0.180 e. The van der Waals surface area contributed by atoms with Gasteiger partial charge in [0.25, 0.3) is 0 Å². The van der Waals surface area contributed by atoms with Gasteiger partial charge < -0.3 is 0 Å². The Morgan fingerprint density at radius 1 is 1.06 bits per heavy atom. The molecule has 18 heavy (non-hydrogen) atoms. The number of benzene rings is 2. The smallest absolute Gasteiger partial charge is 0.180 e. The third-order valence-corrected chi connectivity index (χ3v) is 4.00. The highest BCUT2D eigenvalue weighted by Crippen LogP contribution is 2.34. The molecule has 2 aromatic carbocycles. The maximum atomic E-state index is 12.4. The number of carbonyl (C=O) groups is 1. The van der Waals surface area contributed by atoms with Crippen molar-refractivity contribution in [3.63, 3.8) is 0 Å². The number of halogens is 1. The fourth-order valence-corrected chi connectivity index (χ4v) is 2.94. The summed E-state index contributed by atoms with van der Waals surface area (Å²) in [6.07, 6.45) is 1.93. The number of carbonyl (C=O) groups excluding carboxylic acids is 1. The molecule has 0 bridgehead atoms. The normalized spacial score (nSPS) is 12.1. The van der Waals surface area contributed by atoms with E-state index in [2.05, 4.69) is 0 Å². The monoisotopic (exact) mass is 276 g/mol. The molecule has 2 aromatic rings. The van der Waals surface area contributed by atoms with Crippen LogP contribution in [-0.2, 0) is 0 Å². The SMILES string of the molecule is CSC(C(=O)c1ccccc1)c1ccccc1Cl. The van der Waals surface area contributed by atoms with Crippen LogP contribution in [0.25, 0.3) is 0 Å². The third kappa shape index (κ3) is 2.77. The number of thioether (sulfide) groups is 1. The topological polar surface area (TPSA) is 17.1 Å². The third-order valence-electron chi connectivity index (χ3n) is 2.72. The van der Waals surface area contributed by atoms with Crippen LogP contribution in [0.1, 0.15) is 21.2 Å². The van der Waals surface area contributed by atoms with Crippen molar-refractivity contribution in [2.75, 3.05) is 6.26 Å². The molecule has 0 heterocycles. The Kier molecular flexibility index (Phi) is 4.45. The lowest BCUT2D eigenvalue weighted by molar-refractivity contribution is 0.0989. The second-order valence-corrected chi connectivity index (χ2v) is 5.22. The molecule has 0 fully saturated rings. The van der Waals surface area contributed by atoms with Gasteiger partial charge in [-0.1, -0.05) is 60.1 Å². The Morgan fingerprint density at radius 3 is 2.28 bits per heavy atom. The summed E-state index contributed by atoms with van der Waals surface area (Å²) in [5.74, 6) is 0.0937. The van der Waals surface area contributed by atoms with Gasteiger partial charge in [0.15, 0.2) is 5.78 Å². The molecular formula is C15H13ClOS. The lowest BCUT2D eigenvalue weighted by atomic mass is 10.0. The Hall–Kier alpha value is -1.25. The minimum atomic E-state index is -0.249. The van der Waals surface area contributed by atoms with Crippen molar-refractivity contribution in [3.05, 3.63) is 70.7 Å². The molecule has 0 aliphatic carbocycles. The average molecular weight is 277 g/mol. The van der Waals surface area contributed by atoms with E-state index in [-0.39, 0.29) is 11.0 Å². The second-order valence-electron chi connectivity index (χ2n) is 3.87. The minimum absolute atomic E-state index is 0.0937. The molecule has 0 aliphatic rings. The van der Waals surface area contributed by atoms with Crippen molar-refractivity contribution in [2.24, 2.45) is 0 Å². The van der Waals surface area contributed by atoms with E-state index in [0.29, 0.717) is 5.02 Å². The molecule has 0 amide bonds. The summed E-state index contributed by atoms with van der Waals surface area (Å²) in [5, 5.41) is 0.391. The van der Waals surface area contributed by atoms with Crippen molar-refractivity contribution in [1.29, 1.82) is 0 Å². The predicted molar refractivity (Wildman–Crippen MR) is 78.5 cm³/mol. The van der Waals surface area contributed by atoms with E-state index in [1.165, 1.54) is 11.8 Å². The van der Waals surface area contributed by atoms with Crippen molar-refractivity contribution >= 4 is 29.1 Å². The van der Waals surface area contributed by atoms with Gasteiger partial charge >= 0.3 is 0 Å². The molecule has 1 unspecified atom stereocenters. The summed E-state index contributed by atoms with van der Waals surface area (Å²) in [5.41, 5.74) is 1.59. The van der Waals surface area contributed by atoms with Crippen molar-refractivity contribution < 1.29 is 4.79 Å². The van der Waals surface area contributed by atoms with E-state index < -0.39 is 0 Å². The standard InChI is InChI=1S/C15H13ClOS/c1-18-15(12-9-5-6-10-13(12)16)14(17)11-7-3-2-4-8-11/h2-10,15H,1H3. The van der Waals surface area contributed by atoms with E-state index in [1.54, 1.807) is 0 Å². The van der Waals surface area contributed by atoms with E-state index >= 15 is 0 Å². The first-order valence-electron chi connectivity index (χ1n) is 5.60. The molecule has 0 aliphatic heterocycles. The summed E-state index contributed by atoms with van der Waals surface area (Å²) in [7, 11) is 0. The van der Waals surface area contributed by atoms with Crippen LogP contribution in [-0.4, -0.2) is 12.0 Å². The highest BCUT2D eigenvalue weighted by Gasteiger charge is 2.22. The molecule has 0 aromatic heterocycles. The van der Waals surface area contributed by atoms with Gasteiger partial charge in [0.2, 0.25) is 0 Å². The molecule has 0 spiro atoms. The second kappa shape index (κ2) is 6.07. The average Bonchev–Trinajstić information content (AvgIpc) is 2.42. The summed E-state index contributed by atoms with van der Waals surface area (Å²) >= 11 is 7.67. The molecule has 0 saturated carbocycles. The fraction of sp³-hybridized carbons (Fsp3) is 0.133. The van der Waals surface area contributed by atoms with Gasteiger partial charge in [-0.3, -0.25) is 4.79 Å². The lowest BCUT2D eigenvalue weighted by Crippen LogP contribution is -2.09. The zero-order valence-electron chi connectivity index (χ0n) is 9.97. The number of Topliss-reactive ketones (excluding diaryl/α,β-unsaturated/α-hetero) is 1. The van der Waals surface area contributed by atoms with E-state index in [0.717, 1.165) is 11.1 Å².